The van der Waals surface area contributed by atoms with Crippen molar-refractivity contribution < 1.29 is 0 Å². The van der Waals surface area contributed by atoms with E-state index in [0.29, 0.717) is 0 Å². The molecule has 0 spiro atoms. The quantitative estimate of drug-likeness (QED) is 0.811. The van der Waals surface area contributed by atoms with E-state index in [4.69, 9.17) is 0 Å². The summed E-state index contributed by atoms with van der Waals surface area (Å²) < 4.78 is 3.32. The van der Waals surface area contributed by atoms with Crippen LogP contribution >= 0.6 is 15.9 Å². The van der Waals surface area contributed by atoms with Crippen LogP contribution < -0.4 is 5.32 Å². The lowest BCUT2D eigenvalue weighted by molar-refractivity contribution is 0.630. The predicted octanol–water partition coefficient (Wildman–Crippen LogP) is 4.93. The second-order valence-electron chi connectivity index (χ2n) is 5.17. The zero-order valence-electron chi connectivity index (χ0n) is 12.4. The SMILES string of the molecule is CCCCn1cc(C)nc1NC(C)c1ccc(Br)cc1. The van der Waals surface area contributed by atoms with Crippen LogP contribution in [0.25, 0.3) is 0 Å². The molecular formula is C16H22BrN3. The fraction of sp³-hybridized carbons (Fsp3) is 0.438. The average molecular weight is 336 g/mol. The zero-order chi connectivity index (χ0) is 14.5. The Morgan fingerprint density at radius 2 is 2.00 bits per heavy atom. The molecular weight excluding hydrogens is 314 g/mol. The Kier molecular flexibility index (Phi) is 5.24. The molecule has 1 atom stereocenters. The predicted molar refractivity (Wildman–Crippen MR) is 88.1 cm³/mol. The van der Waals surface area contributed by atoms with Gasteiger partial charge >= 0.3 is 0 Å². The van der Waals surface area contributed by atoms with Gasteiger partial charge in [0, 0.05) is 17.2 Å². The minimum absolute atomic E-state index is 0.241. The molecule has 1 aromatic heterocycles. The van der Waals surface area contributed by atoms with Crippen molar-refractivity contribution >= 4 is 21.9 Å². The summed E-state index contributed by atoms with van der Waals surface area (Å²) in [5.74, 6) is 0.964. The van der Waals surface area contributed by atoms with Crippen molar-refractivity contribution in [3.05, 3.63) is 46.2 Å². The lowest BCUT2D eigenvalue weighted by atomic mass is 10.1. The molecule has 1 unspecified atom stereocenters. The summed E-state index contributed by atoms with van der Waals surface area (Å²) in [5, 5.41) is 3.51. The summed E-state index contributed by atoms with van der Waals surface area (Å²) in [6.45, 7) is 7.43. The smallest absolute Gasteiger partial charge is 0.203 e. The maximum absolute atomic E-state index is 4.59. The summed E-state index contributed by atoms with van der Waals surface area (Å²) in [4.78, 5) is 4.59. The molecule has 0 saturated heterocycles. The molecule has 0 saturated carbocycles. The molecule has 1 heterocycles. The van der Waals surface area contributed by atoms with Gasteiger partial charge in [0.15, 0.2) is 0 Å². The van der Waals surface area contributed by atoms with Gasteiger partial charge in [-0.15, -0.1) is 0 Å². The van der Waals surface area contributed by atoms with Crippen molar-refractivity contribution in [2.75, 3.05) is 5.32 Å². The third-order valence-electron chi connectivity index (χ3n) is 3.37. The molecule has 0 bridgehead atoms. The highest BCUT2D eigenvalue weighted by Gasteiger charge is 2.10. The molecule has 0 aliphatic rings. The highest BCUT2D eigenvalue weighted by atomic mass is 79.9. The van der Waals surface area contributed by atoms with Gasteiger partial charge in [0.2, 0.25) is 5.95 Å². The average Bonchev–Trinajstić information content (AvgIpc) is 2.77. The van der Waals surface area contributed by atoms with E-state index in [1.807, 2.05) is 6.92 Å². The monoisotopic (exact) mass is 335 g/mol. The molecule has 20 heavy (non-hydrogen) atoms. The van der Waals surface area contributed by atoms with E-state index < -0.39 is 0 Å². The van der Waals surface area contributed by atoms with Crippen molar-refractivity contribution in [2.24, 2.45) is 0 Å². The first-order valence-electron chi connectivity index (χ1n) is 7.16. The number of aromatic nitrogens is 2. The molecule has 0 fully saturated rings. The number of rotatable bonds is 6. The largest absolute Gasteiger partial charge is 0.349 e. The van der Waals surface area contributed by atoms with Crippen molar-refractivity contribution in [1.82, 2.24) is 9.55 Å². The standard InChI is InChI=1S/C16H22BrN3/c1-4-5-10-20-11-12(2)18-16(20)19-13(3)14-6-8-15(17)9-7-14/h6-9,11,13H,4-5,10H2,1-3H3,(H,18,19). The summed E-state index contributed by atoms with van der Waals surface area (Å²) in [5.41, 5.74) is 2.32. The summed E-state index contributed by atoms with van der Waals surface area (Å²) >= 11 is 3.47. The molecule has 1 aromatic carbocycles. The van der Waals surface area contributed by atoms with Gasteiger partial charge in [-0.25, -0.2) is 4.98 Å². The van der Waals surface area contributed by atoms with Crippen LogP contribution in [0.15, 0.2) is 34.9 Å². The number of nitrogens with one attached hydrogen (secondary N) is 1. The van der Waals surface area contributed by atoms with Crippen molar-refractivity contribution in [3.8, 4) is 0 Å². The number of hydrogen-bond acceptors (Lipinski definition) is 2. The van der Waals surface area contributed by atoms with Crippen LogP contribution in [-0.4, -0.2) is 9.55 Å². The Morgan fingerprint density at radius 3 is 2.65 bits per heavy atom. The van der Waals surface area contributed by atoms with Crippen molar-refractivity contribution in [3.63, 3.8) is 0 Å². The highest BCUT2D eigenvalue weighted by molar-refractivity contribution is 9.10. The Morgan fingerprint density at radius 1 is 1.30 bits per heavy atom. The van der Waals surface area contributed by atoms with Gasteiger partial charge < -0.3 is 9.88 Å². The van der Waals surface area contributed by atoms with E-state index in [2.05, 4.69) is 75.1 Å². The van der Waals surface area contributed by atoms with Crippen LogP contribution in [-0.2, 0) is 6.54 Å². The number of hydrogen-bond donors (Lipinski definition) is 1. The summed E-state index contributed by atoms with van der Waals surface area (Å²) in [6, 6.07) is 8.65. The van der Waals surface area contributed by atoms with E-state index in [9.17, 15) is 0 Å². The van der Waals surface area contributed by atoms with Crippen LogP contribution in [0.4, 0.5) is 5.95 Å². The maximum Gasteiger partial charge on any atom is 0.203 e. The number of benzene rings is 1. The van der Waals surface area contributed by atoms with E-state index in [0.717, 1.165) is 22.7 Å². The fourth-order valence-electron chi connectivity index (χ4n) is 2.19. The number of imidazole rings is 1. The first-order valence-corrected chi connectivity index (χ1v) is 7.95. The number of halogens is 1. The van der Waals surface area contributed by atoms with E-state index in [-0.39, 0.29) is 6.04 Å². The second-order valence-corrected chi connectivity index (χ2v) is 6.09. The first kappa shape index (κ1) is 15.1. The minimum Gasteiger partial charge on any atom is -0.349 e. The molecule has 108 valence electrons. The van der Waals surface area contributed by atoms with E-state index in [1.165, 1.54) is 18.4 Å². The Bertz CT molecular complexity index is 545. The lowest BCUT2D eigenvalue weighted by Gasteiger charge is -2.16. The molecule has 4 heteroatoms. The van der Waals surface area contributed by atoms with E-state index in [1.54, 1.807) is 0 Å². The van der Waals surface area contributed by atoms with Crippen molar-refractivity contribution in [2.45, 2.75) is 46.2 Å². The Balaban J connectivity index is 2.10. The molecule has 0 aliphatic heterocycles. The molecule has 0 amide bonds. The van der Waals surface area contributed by atoms with Crippen LogP contribution in [0.5, 0.6) is 0 Å². The lowest BCUT2D eigenvalue weighted by Crippen LogP contribution is -2.11. The molecule has 2 aromatic rings. The zero-order valence-corrected chi connectivity index (χ0v) is 13.9. The van der Waals surface area contributed by atoms with Gasteiger partial charge in [0.05, 0.1) is 11.7 Å². The second kappa shape index (κ2) is 6.93. The van der Waals surface area contributed by atoms with Crippen LogP contribution in [0.2, 0.25) is 0 Å². The van der Waals surface area contributed by atoms with Gasteiger partial charge in [0.1, 0.15) is 0 Å². The normalized spacial score (nSPS) is 12.4. The van der Waals surface area contributed by atoms with Gasteiger partial charge in [-0.05, 0) is 38.0 Å². The third kappa shape index (κ3) is 3.85. The number of anilines is 1. The number of unbranched alkanes of at least 4 members (excludes halogenated alkanes) is 1. The van der Waals surface area contributed by atoms with Crippen LogP contribution in [0.1, 0.15) is 44.0 Å². The molecule has 0 radical (unpaired) electrons. The van der Waals surface area contributed by atoms with Gasteiger partial charge in [-0.2, -0.15) is 0 Å². The fourth-order valence-corrected chi connectivity index (χ4v) is 2.45. The summed E-state index contributed by atoms with van der Waals surface area (Å²) in [7, 11) is 0. The molecule has 1 N–H and O–H groups in total. The minimum atomic E-state index is 0.241. The number of aryl methyl sites for hydroxylation is 2. The first-order chi connectivity index (χ1) is 9.60. The molecule has 3 nitrogen and oxygen atoms in total. The summed E-state index contributed by atoms with van der Waals surface area (Å²) in [6.07, 6.45) is 4.49. The van der Waals surface area contributed by atoms with E-state index >= 15 is 0 Å². The molecule has 0 aliphatic carbocycles. The highest BCUT2D eigenvalue weighted by Crippen LogP contribution is 2.21. The maximum atomic E-state index is 4.59. The Hall–Kier alpha value is -1.29. The van der Waals surface area contributed by atoms with Crippen LogP contribution in [0.3, 0.4) is 0 Å². The van der Waals surface area contributed by atoms with Gasteiger partial charge in [-0.1, -0.05) is 41.4 Å². The van der Waals surface area contributed by atoms with Gasteiger partial charge in [-0.3, -0.25) is 0 Å². The van der Waals surface area contributed by atoms with Crippen molar-refractivity contribution in [1.29, 1.82) is 0 Å². The Labute approximate surface area is 129 Å². The number of nitrogens with zero attached hydrogens (tertiary/aromatic N) is 2. The molecule has 2 rings (SSSR count). The topological polar surface area (TPSA) is 29.9 Å². The third-order valence-corrected chi connectivity index (χ3v) is 3.89. The van der Waals surface area contributed by atoms with Gasteiger partial charge in [0.25, 0.3) is 0 Å². The van der Waals surface area contributed by atoms with Crippen LogP contribution in [0, 0.1) is 6.92 Å².